The third-order valence-corrected chi connectivity index (χ3v) is 2.31. The summed E-state index contributed by atoms with van der Waals surface area (Å²) in [6.07, 6.45) is 5.15. The molecule has 2 N–H and O–H groups in total. The summed E-state index contributed by atoms with van der Waals surface area (Å²) in [5.41, 5.74) is 0.545. The number of anilines is 1. The lowest BCUT2D eigenvalue weighted by Gasteiger charge is -2.18. The summed E-state index contributed by atoms with van der Waals surface area (Å²) in [4.78, 5) is 24.0. The van der Waals surface area contributed by atoms with Crippen LogP contribution in [0.25, 0.3) is 0 Å². The van der Waals surface area contributed by atoms with Gasteiger partial charge in [-0.05, 0) is 25.1 Å². The Morgan fingerprint density at radius 1 is 1.50 bits per heavy atom. The van der Waals surface area contributed by atoms with Crippen LogP contribution in [0, 0.1) is 12.3 Å². The normalized spacial score (nSPS) is 9.33. The van der Waals surface area contributed by atoms with Gasteiger partial charge < -0.3 is 15.3 Å². The van der Waals surface area contributed by atoms with Crippen molar-refractivity contribution in [3.63, 3.8) is 0 Å². The predicted octanol–water partition coefficient (Wildman–Crippen LogP) is 1.87. The van der Waals surface area contributed by atoms with Gasteiger partial charge in [-0.25, -0.2) is 9.59 Å². The quantitative estimate of drug-likeness (QED) is 0.797. The minimum atomic E-state index is -1.04. The molecule has 1 rings (SSSR count). The Hall–Kier alpha value is -2.48. The van der Waals surface area contributed by atoms with Crippen molar-refractivity contribution in [2.45, 2.75) is 6.92 Å². The van der Waals surface area contributed by atoms with E-state index in [1.807, 2.05) is 6.92 Å². The molecule has 5 nitrogen and oxygen atoms in total. The van der Waals surface area contributed by atoms with Crippen LogP contribution in [0.4, 0.5) is 10.5 Å². The molecule has 0 spiro atoms. The smallest absolute Gasteiger partial charge is 0.335 e. The molecule has 18 heavy (non-hydrogen) atoms. The summed E-state index contributed by atoms with van der Waals surface area (Å²) < 4.78 is 0. The number of hydrogen-bond acceptors (Lipinski definition) is 2. The Balaban J connectivity index is 2.78. The first-order chi connectivity index (χ1) is 8.58. The number of nitrogens with one attached hydrogen (secondary N) is 1. The molecule has 0 saturated heterocycles. The van der Waals surface area contributed by atoms with Crippen molar-refractivity contribution in [2.24, 2.45) is 0 Å². The molecule has 1 aromatic carbocycles. The predicted molar refractivity (Wildman–Crippen MR) is 68.5 cm³/mol. The first-order valence-corrected chi connectivity index (χ1v) is 5.41. The monoisotopic (exact) mass is 246 g/mol. The zero-order valence-electron chi connectivity index (χ0n) is 10.0. The number of carbonyl (C=O) groups is 2. The number of carboxylic acids is 1. The Bertz CT molecular complexity index is 491. The van der Waals surface area contributed by atoms with E-state index in [-0.39, 0.29) is 18.1 Å². The second-order valence-corrected chi connectivity index (χ2v) is 3.53. The van der Waals surface area contributed by atoms with Crippen molar-refractivity contribution in [1.29, 1.82) is 0 Å². The number of aromatic carboxylic acids is 1. The molecule has 0 bridgehead atoms. The number of hydrogen-bond donors (Lipinski definition) is 2. The number of carbonyl (C=O) groups excluding carboxylic acids is 1. The van der Waals surface area contributed by atoms with E-state index in [0.717, 1.165) is 0 Å². The van der Waals surface area contributed by atoms with E-state index in [1.165, 1.54) is 17.0 Å². The Morgan fingerprint density at radius 2 is 2.22 bits per heavy atom. The highest BCUT2D eigenvalue weighted by atomic mass is 16.4. The fourth-order valence-corrected chi connectivity index (χ4v) is 1.37. The lowest BCUT2D eigenvalue weighted by atomic mass is 10.2. The van der Waals surface area contributed by atoms with Crippen LogP contribution in [0.15, 0.2) is 24.3 Å². The van der Waals surface area contributed by atoms with E-state index in [4.69, 9.17) is 11.5 Å². The van der Waals surface area contributed by atoms with Gasteiger partial charge in [-0.2, -0.15) is 0 Å². The van der Waals surface area contributed by atoms with Crippen LogP contribution < -0.4 is 5.32 Å². The van der Waals surface area contributed by atoms with Gasteiger partial charge >= 0.3 is 12.0 Å². The van der Waals surface area contributed by atoms with Gasteiger partial charge in [0.1, 0.15) is 0 Å². The zero-order chi connectivity index (χ0) is 13.5. The van der Waals surface area contributed by atoms with Crippen LogP contribution >= 0.6 is 0 Å². The maximum absolute atomic E-state index is 11.8. The lowest BCUT2D eigenvalue weighted by molar-refractivity contribution is 0.0697. The average Bonchev–Trinajstić information content (AvgIpc) is 2.36. The van der Waals surface area contributed by atoms with Gasteiger partial charge in [-0.15, -0.1) is 6.42 Å². The first-order valence-electron chi connectivity index (χ1n) is 5.41. The molecular weight excluding hydrogens is 232 g/mol. The van der Waals surface area contributed by atoms with Crippen molar-refractivity contribution < 1.29 is 14.7 Å². The van der Waals surface area contributed by atoms with Crippen LogP contribution in [0.2, 0.25) is 0 Å². The van der Waals surface area contributed by atoms with Crippen LogP contribution in [0.1, 0.15) is 17.3 Å². The van der Waals surface area contributed by atoms with E-state index in [2.05, 4.69) is 11.2 Å². The minimum absolute atomic E-state index is 0.118. The Labute approximate surface area is 105 Å². The van der Waals surface area contributed by atoms with Crippen LogP contribution in [0.3, 0.4) is 0 Å². The number of nitrogens with zero attached hydrogens (tertiary/aromatic N) is 1. The molecule has 0 heterocycles. The fourth-order valence-electron chi connectivity index (χ4n) is 1.37. The number of terminal acetylenes is 1. The van der Waals surface area contributed by atoms with E-state index in [1.54, 1.807) is 12.1 Å². The van der Waals surface area contributed by atoms with Gasteiger partial charge in [-0.3, -0.25) is 0 Å². The standard InChI is InChI=1S/C13H14N2O3/c1-3-8-15(4-2)13(18)14-11-7-5-6-10(9-11)12(16)17/h1,5-7,9H,4,8H2,2H3,(H,14,18)(H,16,17). The molecule has 0 aliphatic carbocycles. The number of amides is 2. The minimum Gasteiger partial charge on any atom is -0.478 e. The molecule has 5 heteroatoms. The topological polar surface area (TPSA) is 69.6 Å². The fraction of sp³-hybridized carbons (Fsp3) is 0.231. The molecule has 1 aromatic rings. The van der Waals surface area contributed by atoms with E-state index < -0.39 is 5.97 Å². The largest absolute Gasteiger partial charge is 0.478 e. The molecule has 0 saturated carbocycles. The number of benzene rings is 1. The van der Waals surface area contributed by atoms with Crippen molar-refractivity contribution in [2.75, 3.05) is 18.4 Å². The van der Waals surface area contributed by atoms with Crippen molar-refractivity contribution in [3.05, 3.63) is 29.8 Å². The average molecular weight is 246 g/mol. The van der Waals surface area contributed by atoms with E-state index in [0.29, 0.717) is 12.2 Å². The molecule has 2 amide bonds. The van der Waals surface area contributed by atoms with Gasteiger partial charge in [0.05, 0.1) is 12.1 Å². The summed E-state index contributed by atoms with van der Waals surface area (Å²) >= 11 is 0. The summed E-state index contributed by atoms with van der Waals surface area (Å²) in [5.74, 6) is 1.35. The third-order valence-electron chi connectivity index (χ3n) is 2.31. The maximum atomic E-state index is 11.8. The second-order valence-electron chi connectivity index (χ2n) is 3.53. The molecule has 0 aliphatic heterocycles. The van der Waals surface area contributed by atoms with E-state index in [9.17, 15) is 9.59 Å². The number of rotatable bonds is 4. The van der Waals surface area contributed by atoms with Gasteiger partial charge in [0.15, 0.2) is 0 Å². The van der Waals surface area contributed by atoms with Crippen LogP contribution in [0.5, 0.6) is 0 Å². The molecule has 0 unspecified atom stereocenters. The summed E-state index contributed by atoms with van der Waals surface area (Å²) in [6, 6.07) is 5.68. The van der Waals surface area contributed by atoms with E-state index >= 15 is 0 Å². The number of carboxylic acid groups (broad SMARTS) is 1. The molecular formula is C13H14N2O3. The zero-order valence-corrected chi connectivity index (χ0v) is 10.0. The summed E-state index contributed by atoms with van der Waals surface area (Å²) in [5, 5.41) is 11.4. The summed E-state index contributed by atoms with van der Waals surface area (Å²) in [7, 11) is 0. The summed E-state index contributed by atoms with van der Waals surface area (Å²) in [6.45, 7) is 2.50. The Kier molecular flexibility index (Phi) is 4.76. The lowest BCUT2D eigenvalue weighted by Crippen LogP contribution is -2.35. The molecule has 0 radical (unpaired) electrons. The maximum Gasteiger partial charge on any atom is 0.335 e. The molecule has 94 valence electrons. The third kappa shape index (κ3) is 3.52. The van der Waals surface area contributed by atoms with Crippen LogP contribution in [-0.2, 0) is 0 Å². The van der Waals surface area contributed by atoms with Gasteiger partial charge in [0.2, 0.25) is 0 Å². The van der Waals surface area contributed by atoms with Gasteiger partial charge in [-0.1, -0.05) is 12.0 Å². The first kappa shape index (κ1) is 13.6. The van der Waals surface area contributed by atoms with Gasteiger partial charge in [0, 0.05) is 12.2 Å². The number of urea groups is 1. The highest BCUT2D eigenvalue weighted by Crippen LogP contribution is 2.11. The van der Waals surface area contributed by atoms with Crippen molar-refractivity contribution >= 4 is 17.7 Å². The molecule has 0 atom stereocenters. The van der Waals surface area contributed by atoms with Crippen LogP contribution in [-0.4, -0.2) is 35.1 Å². The molecule has 0 aromatic heterocycles. The molecule has 0 fully saturated rings. The SMILES string of the molecule is C#CCN(CC)C(=O)Nc1cccc(C(=O)O)c1. The highest BCUT2D eigenvalue weighted by Gasteiger charge is 2.11. The highest BCUT2D eigenvalue weighted by molar-refractivity contribution is 5.93. The van der Waals surface area contributed by atoms with Crippen molar-refractivity contribution in [1.82, 2.24) is 4.90 Å². The van der Waals surface area contributed by atoms with Gasteiger partial charge in [0.25, 0.3) is 0 Å². The second kappa shape index (κ2) is 6.30. The Morgan fingerprint density at radius 3 is 2.78 bits per heavy atom. The molecule has 0 aliphatic rings. The van der Waals surface area contributed by atoms with Crippen molar-refractivity contribution in [3.8, 4) is 12.3 Å².